The topological polar surface area (TPSA) is 61.4 Å². The van der Waals surface area contributed by atoms with Crippen LogP contribution in [0.4, 0.5) is 15.8 Å². The summed E-state index contributed by atoms with van der Waals surface area (Å²) in [5.74, 6) is -0.458. The van der Waals surface area contributed by atoms with Crippen molar-refractivity contribution in [1.82, 2.24) is 0 Å². The standard InChI is InChI=1S/C16H17FN2O2/c1-10-7-14(4-5-15(10)19-11(2)20)18-9-12-8-13(17)3-6-16(12)21/h3-8,18,21H,9H2,1-2H3,(H,19,20). The van der Waals surface area contributed by atoms with Gasteiger partial charge in [0.25, 0.3) is 0 Å². The molecular weight excluding hydrogens is 271 g/mol. The van der Waals surface area contributed by atoms with Crippen LogP contribution < -0.4 is 10.6 Å². The molecule has 3 N–H and O–H groups in total. The maximum absolute atomic E-state index is 13.1. The molecule has 0 radical (unpaired) electrons. The SMILES string of the molecule is CC(=O)Nc1ccc(NCc2cc(F)ccc2O)cc1C. The number of anilines is 2. The summed E-state index contributed by atoms with van der Waals surface area (Å²) in [6.07, 6.45) is 0. The zero-order valence-electron chi connectivity index (χ0n) is 11.9. The number of aryl methyl sites for hydroxylation is 1. The summed E-state index contributed by atoms with van der Waals surface area (Å²) in [6, 6.07) is 9.32. The molecule has 0 aromatic heterocycles. The predicted octanol–water partition coefficient (Wildman–Crippen LogP) is 3.41. The molecule has 1 amide bonds. The Morgan fingerprint density at radius 3 is 2.67 bits per heavy atom. The maximum Gasteiger partial charge on any atom is 0.221 e. The van der Waals surface area contributed by atoms with E-state index in [9.17, 15) is 14.3 Å². The van der Waals surface area contributed by atoms with Crippen LogP contribution in [0.15, 0.2) is 36.4 Å². The number of amides is 1. The fourth-order valence-corrected chi connectivity index (χ4v) is 2.00. The van der Waals surface area contributed by atoms with Gasteiger partial charge in [-0.1, -0.05) is 0 Å². The number of rotatable bonds is 4. The van der Waals surface area contributed by atoms with E-state index in [-0.39, 0.29) is 17.5 Å². The molecule has 0 aliphatic heterocycles. The van der Waals surface area contributed by atoms with Crippen molar-refractivity contribution in [2.75, 3.05) is 10.6 Å². The highest BCUT2D eigenvalue weighted by atomic mass is 19.1. The van der Waals surface area contributed by atoms with Crippen LogP contribution in [0.25, 0.3) is 0 Å². The van der Waals surface area contributed by atoms with Gasteiger partial charge in [-0.3, -0.25) is 4.79 Å². The molecule has 21 heavy (non-hydrogen) atoms. The molecule has 0 fully saturated rings. The van der Waals surface area contributed by atoms with Gasteiger partial charge in [-0.05, 0) is 48.9 Å². The van der Waals surface area contributed by atoms with E-state index in [1.54, 1.807) is 6.07 Å². The van der Waals surface area contributed by atoms with Crippen LogP contribution in [0.2, 0.25) is 0 Å². The van der Waals surface area contributed by atoms with Crippen LogP contribution >= 0.6 is 0 Å². The minimum Gasteiger partial charge on any atom is -0.508 e. The van der Waals surface area contributed by atoms with Gasteiger partial charge >= 0.3 is 0 Å². The molecule has 0 saturated heterocycles. The Morgan fingerprint density at radius 2 is 2.00 bits per heavy atom. The second-order valence-corrected chi connectivity index (χ2v) is 4.84. The van der Waals surface area contributed by atoms with Crippen molar-refractivity contribution < 1.29 is 14.3 Å². The molecule has 110 valence electrons. The van der Waals surface area contributed by atoms with Gasteiger partial charge in [0.2, 0.25) is 5.91 Å². The largest absolute Gasteiger partial charge is 0.508 e. The lowest BCUT2D eigenvalue weighted by Crippen LogP contribution is -2.07. The third-order valence-electron chi connectivity index (χ3n) is 3.06. The Bertz CT molecular complexity index is 671. The van der Waals surface area contributed by atoms with E-state index in [1.165, 1.54) is 25.1 Å². The number of halogens is 1. The monoisotopic (exact) mass is 288 g/mol. The molecule has 0 aliphatic rings. The molecule has 2 aromatic rings. The minimum atomic E-state index is -0.387. The van der Waals surface area contributed by atoms with Crippen molar-refractivity contribution in [2.45, 2.75) is 20.4 Å². The molecule has 2 aromatic carbocycles. The molecule has 0 unspecified atom stereocenters. The first-order valence-electron chi connectivity index (χ1n) is 6.55. The predicted molar refractivity (Wildman–Crippen MR) is 80.9 cm³/mol. The summed E-state index contributed by atoms with van der Waals surface area (Å²) in [4.78, 5) is 11.0. The highest BCUT2D eigenvalue weighted by Gasteiger charge is 2.05. The Kier molecular flexibility index (Phi) is 4.42. The molecule has 0 aliphatic carbocycles. The second-order valence-electron chi connectivity index (χ2n) is 4.84. The van der Waals surface area contributed by atoms with Gasteiger partial charge < -0.3 is 15.7 Å². The average molecular weight is 288 g/mol. The lowest BCUT2D eigenvalue weighted by Gasteiger charge is -2.11. The van der Waals surface area contributed by atoms with E-state index in [0.29, 0.717) is 12.1 Å². The average Bonchev–Trinajstić information content (AvgIpc) is 2.42. The number of aromatic hydroxyl groups is 1. The molecule has 5 heteroatoms. The van der Waals surface area contributed by atoms with Crippen LogP contribution in [0.1, 0.15) is 18.1 Å². The maximum atomic E-state index is 13.1. The van der Waals surface area contributed by atoms with E-state index >= 15 is 0 Å². The first-order valence-corrected chi connectivity index (χ1v) is 6.55. The molecule has 2 rings (SSSR count). The number of phenolic OH excluding ortho intramolecular Hbond substituents is 1. The molecule has 0 spiro atoms. The number of nitrogens with one attached hydrogen (secondary N) is 2. The van der Waals surface area contributed by atoms with E-state index < -0.39 is 0 Å². The summed E-state index contributed by atoms with van der Waals surface area (Å²) >= 11 is 0. The number of carbonyl (C=O) groups is 1. The number of hydrogen-bond acceptors (Lipinski definition) is 3. The van der Waals surface area contributed by atoms with Crippen molar-refractivity contribution in [3.05, 3.63) is 53.3 Å². The van der Waals surface area contributed by atoms with Crippen LogP contribution in [0, 0.1) is 12.7 Å². The molecule has 0 saturated carbocycles. The fraction of sp³-hybridized carbons (Fsp3) is 0.188. The van der Waals surface area contributed by atoms with E-state index in [2.05, 4.69) is 10.6 Å². The van der Waals surface area contributed by atoms with Crippen molar-refractivity contribution in [3.8, 4) is 5.75 Å². The van der Waals surface area contributed by atoms with Crippen LogP contribution in [-0.2, 0) is 11.3 Å². The summed E-state index contributed by atoms with van der Waals surface area (Å²) in [7, 11) is 0. The van der Waals surface area contributed by atoms with Crippen LogP contribution in [-0.4, -0.2) is 11.0 Å². The molecule has 0 bridgehead atoms. The Labute approximate surface area is 122 Å². The van der Waals surface area contributed by atoms with Gasteiger partial charge in [-0.25, -0.2) is 4.39 Å². The quantitative estimate of drug-likeness (QED) is 0.808. The lowest BCUT2D eigenvalue weighted by atomic mass is 10.1. The zero-order valence-corrected chi connectivity index (χ0v) is 11.9. The Balaban J connectivity index is 2.08. The van der Waals surface area contributed by atoms with Gasteiger partial charge in [-0.2, -0.15) is 0 Å². The third-order valence-corrected chi connectivity index (χ3v) is 3.06. The Hall–Kier alpha value is -2.56. The summed E-state index contributed by atoms with van der Waals surface area (Å²) in [6.45, 7) is 3.65. The highest BCUT2D eigenvalue weighted by molar-refractivity contribution is 5.89. The van der Waals surface area contributed by atoms with Crippen LogP contribution in [0.5, 0.6) is 5.75 Å². The summed E-state index contributed by atoms with van der Waals surface area (Å²) < 4.78 is 13.1. The van der Waals surface area contributed by atoms with Gasteiger partial charge in [-0.15, -0.1) is 0 Å². The van der Waals surface area contributed by atoms with Gasteiger partial charge in [0, 0.05) is 30.4 Å². The molecule has 4 nitrogen and oxygen atoms in total. The first-order chi connectivity index (χ1) is 9.95. The van der Waals surface area contributed by atoms with Crippen molar-refractivity contribution in [2.24, 2.45) is 0 Å². The van der Waals surface area contributed by atoms with Gasteiger partial charge in [0.15, 0.2) is 0 Å². The zero-order chi connectivity index (χ0) is 15.4. The van der Waals surface area contributed by atoms with Gasteiger partial charge in [0.1, 0.15) is 11.6 Å². The molecule has 0 atom stereocenters. The molecular formula is C16H17FN2O2. The highest BCUT2D eigenvalue weighted by Crippen LogP contribution is 2.22. The summed E-state index contributed by atoms with van der Waals surface area (Å²) in [5, 5.41) is 15.5. The smallest absolute Gasteiger partial charge is 0.221 e. The Morgan fingerprint density at radius 1 is 1.24 bits per heavy atom. The van der Waals surface area contributed by atoms with E-state index in [1.807, 2.05) is 19.1 Å². The molecule has 0 heterocycles. The van der Waals surface area contributed by atoms with Gasteiger partial charge in [0.05, 0.1) is 0 Å². The second kappa shape index (κ2) is 6.26. The normalized spacial score (nSPS) is 10.2. The third kappa shape index (κ3) is 3.95. The van der Waals surface area contributed by atoms with E-state index in [0.717, 1.165) is 16.9 Å². The fourth-order valence-electron chi connectivity index (χ4n) is 2.00. The number of hydrogen-bond donors (Lipinski definition) is 3. The first kappa shape index (κ1) is 14.8. The van der Waals surface area contributed by atoms with Crippen molar-refractivity contribution in [1.29, 1.82) is 0 Å². The van der Waals surface area contributed by atoms with Crippen molar-refractivity contribution >= 4 is 17.3 Å². The number of phenols is 1. The number of carbonyl (C=O) groups excluding carboxylic acids is 1. The minimum absolute atomic E-state index is 0.0514. The number of benzene rings is 2. The lowest BCUT2D eigenvalue weighted by molar-refractivity contribution is -0.114. The van der Waals surface area contributed by atoms with Crippen LogP contribution in [0.3, 0.4) is 0 Å². The van der Waals surface area contributed by atoms with E-state index in [4.69, 9.17) is 0 Å². The van der Waals surface area contributed by atoms with Crippen molar-refractivity contribution in [3.63, 3.8) is 0 Å². The summed E-state index contributed by atoms with van der Waals surface area (Å²) in [5.41, 5.74) is 2.98.